The lowest BCUT2D eigenvalue weighted by molar-refractivity contribution is -0.115. The normalized spacial score (nSPS) is 9.68. The molecule has 0 aliphatic rings. The molecule has 0 radical (unpaired) electrons. The molecule has 0 saturated heterocycles. The van der Waals surface area contributed by atoms with Crippen LogP contribution in [-0.2, 0) is 14.3 Å². The summed E-state index contributed by atoms with van der Waals surface area (Å²) >= 11 is 3.22. The fraction of sp³-hybridized carbons (Fsp3) is 0.250. The van der Waals surface area contributed by atoms with Gasteiger partial charge in [-0.1, -0.05) is 0 Å². The highest BCUT2D eigenvalue weighted by Gasteiger charge is 2.16. The summed E-state index contributed by atoms with van der Waals surface area (Å²) in [5.41, 5.74) is 0.969. The molecule has 1 rings (SSSR count). The molecule has 0 aromatic heterocycles. The van der Waals surface area contributed by atoms with Crippen molar-refractivity contribution in [2.24, 2.45) is 0 Å². The summed E-state index contributed by atoms with van der Waals surface area (Å²) in [5.74, 6) is -1.16. The number of carbonyl (C=O) groups excluding carboxylic acids is 3. The number of ether oxygens (including phenoxy) is 1. The van der Waals surface area contributed by atoms with Crippen LogP contribution in [0.25, 0.3) is 0 Å². The Kier molecular flexibility index (Phi) is 5.05. The van der Waals surface area contributed by atoms with Gasteiger partial charge in [-0.15, -0.1) is 0 Å². The first-order valence-electron chi connectivity index (χ1n) is 5.32. The molecule has 7 heteroatoms. The van der Waals surface area contributed by atoms with E-state index in [1.807, 2.05) is 0 Å². The number of rotatable bonds is 3. The van der Waals surface area contributed by atoms with Crippen LogP contribution in [0.5, 0.6) is 0 Å². The van der Waals surface area contributed by atoms with Crippen LogP contribution in [-0.4, -0.2) is 24.9 Å². The smallest absolute Gasteiger partial charge is 0.339 e. The Morgan fingerprint density at radius 1 is 1.11 bits per heavy atom. The molecule has 1 aromatic carbocycles. The Labute approximate surface area is 118 Å². The fourth-order valence-corrected chi connectivity index (χ4v) is 1.93. The van der Waals surface area contributed by atoms with Crippen molar-refractivity contribution in [1.29, 1.82) is 0 Å². The van der Waals surface area contributed by atoms with E-state index in [1.165, 1.54) is 27.0 Å². The summed E-state index contributed by atoms with van der Waals surface area (Å²) in [6, 6.07) is 3.00. The summed E-state index contributed by atoms with van der Waals surface area (Å²) in [5, 5.41) is 5.11. The van der Waals surface area contributed by atoms with Crippen LogP contribution in [0.2, 0.25) is 0 Å². The summed E-state index contributed by atoms with van der Waals surface area (Å²) < 4.78 is 5.03. The molecule has 0 aliphatic heterocycles. The van der Waals surface area contributed by atoms with Crippen LogP contribution in [0.4, 0.5) is 11.4 Å². The zero-order valence-corrected chi connectivity index (χ0v) is 12.3. The average Bonchev–Trinajstić information content (AvgIpc) is 2.30. The predicted octanol–water partition coefficient (Wildman–Crippen LogP) is 2.15. The monoisotopic (exact) mass is 328 g/mol. The molecule has 2 N–H and O–H groups in total. The van der Waals surface area contributed by atoms with Gasteiger partial charge in [0, 0.05) is 19.5 Å². The number of nitrogens with one attached hydrogen (secondary N) is 2. The van der Waals surface area contributed by atoms with Crippen LogP contribution in [0.15, 0.2) is 16.6 Å². The van der Waals surface area contributed by atoms with Gasteiger partial charge in [-0.2, -0.15) is 0 Å². The van der Waals surface area contributed by atoms with Crippen molar-refractivity contribution in [1.82, 2.24) is 0 Å². The third-order valence-electron chi connectivity index (χ3n) is 2.11. The Bertz CT molecular complexity index is 543. The number of carbonyl (C=O) groups is 3. The van der Waals surface area contributed by atoms with Crippen molar-refractivity contribution in [2.45, 2.75) is 13.8 Å². The minimum Gasteiger partial charge on any atom is -0.465 e. The highest BCUT2D eigenvalue weighted by molar-refractivity contribution is 9.10. The molecule has 0 bridgehead atoms. The van der Waals surface area contributed by atoms with Crippen LogP contribution in [0.3, 0.4) is 0 Å². The molecule has 0 unspecified atom stereocenters. The zero-order valence-electron chi connectivity index (χ0n) is 10.7. The highest BCUT2D eigenvalue weighted by atomic mass is 79.9. The first kappa shape index (κ1) is 15.2. The second kappa shape index (κ2) is 6.33. The SMILES string of the molecule is COC(=O)c1cc(NC(C)=O)cc(NC(C)=O)c1Br. The lowest BCUT2D eigenvalue weighted by Gasteiger charge is -2.12. The van der Waals surface area contributed by atoms with Gasteiger partial charge in [-0.05, 0) is 28.1 Å². The van der Waals surface area contributed by atoms with Crippen molar-refractivity contribution in [3.8, 4) is 0 Å². The van der Waals surface area contributed by atoms with Crippen molar-refractivity contribution in [3.63, 3.8) is 0 Å². The van der Waals surface area contributed by atoms with Crippen molar-refractivity contribution in [2.75, 3.05) is 17.7 Å². The second-order valence-electron chi connectivity index (χ2n) is 3.74. The minimum atomic E-state index is -0.578. The van der Waals surface area contributed by atoms with Crippen LogP contribution in [0, 0.1) is 0 Å². The highest BCUT2D eigenvalue weighted by Crippen LogP contribution is 2.31. The summed E-state index contributed by atoms with van der Waals surface area (Å²) in [6.45, 7) is 2.69. The van der Waals surface area contributed by atoms with Crippen LogP contribution in [0.1, 0.15) is 24.2 Å². The predicted molar refractivity (Wildman–Crippen MR) is 74.1 cm³/mol. The lowest BCUT2D eigenvalue weighted by atomic mass is 10.1. The minimum absolute atomic E-state index is 0.206. The van der Waals surface area contributed by atoms with Gasteiger partial charge in [0.25, 0.3) is 0 Å². The molecule has 2 amide bonds. The van der Waals surface area contributed by atoms with Gasteiger partial charge in [0.05, 0.1) is 22.8 Å². The van der Waals surface area contributed by atoms with E-state index in [0.717, 1.165) is 0 Å². The summed E-state index contributed by atoms with van der Waals surface area (Å²) in [6.07, 6.45) is 0. The molecular formula is C12H13BrN2O4. The van der Waals surface area contributed by atoms with Gasteiger partial charge in [-0.25, -0.2) is 4.79 Å². The van der Waals surface area contributed by atoms with Gasteiger partial charge in [0.2, 0.25) is 11.8 Å². The van der Waals surface area contributed by atoms with Gasteiger partial charge >= 0.3 is 5.97 Å². The maximum atomic E-state index is 11.6. The molecule has 6 nitrogen and oxygen atoms in total. The van der Waals surface area contributed by atoms with Crippen molar-refractivity contribution >= 4 is 45.1 Å². The first-order valence-corrected chi connectivity index (χ1v) is 6.11. The topological polar surface area (TPSA) is 84.5 Å². The number of esters is 1. The molecule has 0 spiro atoms. The van der Waals surface area contributed by atoms with Gasteiger partial charge in [0.15, 0.2) is 0 Å². The molecule has 0 heterocycles. The van der Waals surface area contributed by atoms with Crippen LogP contribution >= 0.6 is 15.9 Å². The van der Waals surface area contributed by atoms with E-state index in [1.54, 1.807) is 6.07 Å². The molecule has 102 valence electrons. The molecule has 0 fully saturated rings. The summed E-state index contributed by atoms with van der Waals surface area (Å²) in [7, 11) is 1.25. The number of hydrogen-bond acceptors (Lipinski definition) is 4. The molecular weight excluding hydrogens is 316 g/mol. The van der Waals surface area contributed by atoms with E-state index >= 15 is 0 Å². The largest absolute Gasteiger partial charge is 0.465 e. The third kappa shape index (κ3) is 4.06. The Morgan fingerprint density at radius 2 is 1.68 bits per heavy atom. The van der Waals surface area contributed by atoms with Gasteiger partial charge in [-0.3, -0.25) is 9.59 Å². The lowest BCUT2D eigenvalue weighted by Crippen LogP contribution is -2.12. The number of anilines is 2. The van der Waals surface area contributed by atoms with Crippen molar-refractivity contribution in [3.05, 3.63) is 22.2 Å². The van der Waals surface area contributed by atoms with Crippen molar-refractivity contribution < 1.29 is 19.1 Å². The van der Waals surface area contributed by atoms with E-state index in [4.69, 9.17) is 0 Å². The number of amides is 2. The average molecular weight is 329 g/mol. The molecule has 0 saturated carbocycles. The molecule has 19 heavy (non-hydrogen) atoms. The van der Waals surface area contributed by atoms with E-state index in [0.29, 0.717) is 15.8 Å². The maximum absolute atomic E-state index is 11.6. The Balaban J connectivity index is 3.32. The number of hydrogen-bond donors (Lipinski definition) is 2. The maximum Gasteiger partial charge on any atom is 0.339 e. The van der Waals surface area contributed by atoms with E-state index in [-0.39, 0.29) is 17.4 Å². The van der Waals surface area contributed by atoms with E-state index < -0.39 is 5.97 Å². The quantitative estimate of drug-likeness (QED) is 0.832. The molecule has 1 aromatic rings. The zero-order chi connectivity index (χ0) is 14.6. The van der Waals surface area contributed by atoms with Crippen LogP contribution < -0.4 is 10.6 Å². The second-order valence-corrected chi connectivity index (χ2v) is 4.53. The number of halogens is 1. The van der Waals surface area contributed by atoms with E-state index in [9.17, 15) is 14.4 Å². The third-order valence-corrected chi connectivity index (χ3v) is 2.96. The molecule has 0 aliphatic carbocycles. The fourth-order valence-electron chi connectivity index (χ4n) is 1.44. The van der Waals surface area contributed by atoms with E-state index in [2.05, 4.69) is 31.3 Å². The Hall–Kier alpha value is -1.89. The standard InChI is InChI=1S/C12H13BrN2O4/c1-6(16)14-8-4-9(12(18)19-3)11(13)10(5-8)15-7(2)17/h4-5H,1-3H3,(H,14,16)(H,15,17). The van der Waals surface area contributed by atoms with Gasteiger partial charge < -0.3 is 15.4 Å². The van der Waals surface area contributed by atoms with Gasteiger partial charge in [0.1, 0.15) is 0 Å². The number of methoxy groups -OCH3 is 1. The number of benzene rings is 1. The summed E-state index contributed by atoms with van der Waals surface area (Å²) in [4.78, 5) is 33.8. The Morgan fingerprint density at radius 3 is 2.16 bits per heavy atom. The molecule has 0 atom stereocenters. The first-order chi connectivity index (χ1) is 8.85.